The number of benzene rings is 1. The molecule has 0 atom stereocenters. The van der Waals surface area contributed by atoms with Crippen molar-refractivity contribution in [1.29, 1.82) is 0 Å². The monoisotopic (exact) mass is 403 g/mol. The third kappa shape index (κ3) is 4.32. The number of aromatic nitrogens is 1. The minimum absolute atomic E-state index is 0.106. The van der Waals surface area contributed by atoms with Crippen LogP contribution in [-0.2, 0) is 9.53 Å². The number of rotatable bonds is 5. The number of anilines is 1. The molecule has 1 fully saturated rings. The molecule has 4 rings (SSSR count). The van der Waals surface area contributed by atoms with Crippen LogP contribution in [0, 0.1) is 0 Å². The third-order valence-electron chi connectivity index (χ3n) is 4.05. The standard InChI is InChI=1S/C18H17N3O4S2/c22-16(21-5-8-24-9-6-21)11-26-18-20-13-4-3-12(10-15(13)27-18)19-17(23)14-2-1-7-25-14/h1-4,7,10H,5-6,8-9,11H2,(H,19,23). The van der Waals surface area contributed by atoms with E-state index in [0.29, 0.717) is 37.7 Å². The summed E-state index contributed by atoms with van der Waals surface area (Å²) in [7, 11) is 0. The lowest BCUT2D eigenvalue weighted by Crippen LogP contribution is -2.41. The molecule has 9 heteroatoms. The van der Waals surface area contributed by atoms with Gasteiger partial charge < -0.3 is 19.4 Å². The number of fused-ring (bicyclic) bond motifs is 1. The van der Waals surface area contributed by atoms with Gasteiger partial charge in [-0.25, -0.2) is 4.98 Å². The number of thioether (sulfide) groups is 1. The van der Waals surface area contributed by atoms with Crippen LogP contribution in [0.25, 0.3) is 10.2 Å². The molecule has 0 radical (unpaired) electrons. The van der Waals surface area contributed by atoms with Gasteiger partial charge in [0.05, 0.1) is 35.4 Å². The number of hydrogen-bond acceptors (Lipinski definition) is 7. The van der Waals surface area contributed by atoms with Gasteiger partial charge in [-0.1, -0.05) is 11.8 Å². The number of carbonyl (C=O) groups is 2. The fourth-order valence-electron chi connectivity index (χ4n) is 2.67. The molecule has 140 valence electrons. The Balaban J connectivity index is 1.40. The zero-order valence-electron chi connectivity index (χ0n) is 14.3. The van der Waals surface area contributed by atoms with Crippen LogP contribution in [0.1, 0.15) is 10.6 Å². The van der Waals surface area contributed by atoms with E-state index in [1.807, 2.05) is 17.0 Å². The second kappa shape index (κ2) is 8.12. The van der Waals surface area contributed by atoms with Crippen LogP contribution >= 0.6 is 23.1 Å². The maximum atomic E-state index is 12.2. The maximum Gasteiger partial charge on any atom is 0.291 e. The molecule has 0 unspecified atom stereocenters. The van der Waals surface area contributed by atoms with Gasteiger partial charge in [-0.15, -0.1) is 11.3 Å². The Morgan fingerprint density at radius 2 is 2.11 bits per heavy atom. The van der Waals surface area contributed by atoms with Gasteiger partial charge >= 0.3 is 0 Å². The lowest BCUT2D eigenvalue weighted by atomic mass is 10.3. The average Bonchev–Trinajstić information content (AvgIpc) is 3.36. The molecule has 0 bridgehead atoms. The number of nitrogens with one attached hydrogen (secondary N) is 1. The van der Waals surface area contributed by atoms with Crippen LogP contribution < -0.4 is 5.32 Å². The highest BCUT2D eigenvalue weighted by molar-refractivity contribution is 8.01. The van der Waals surface area contributed by atoms with E-state index < -0.39 is 0 Å². The van der Waals surface area contributed by atoms with Crippen LogP contribution in [0.3, 0.4) is 0 Å². The van der Waals surface area contributed by atoms with Gasteiger partial charge in [-0.3, -0.25) is 9.59 Å². The molecule has 2 amide bonds. The number of carbonyl (C=O) groups excluding carboxylic acids is 2. The molecular formula is C18H17N3O4S2. The van der Waals surface area contributed by atoms with Gasteiger partial charge in [-0.2, -0.15) is 0 Å². The van der Waals surface area contributed by atoms with E-state index in [4.69, 9.17) is 9.15 Å². The Hall–Kier alpha value is -2.36. The minimum Gasteiger partial charge on any atom is -0.459 e. The molecule has 7 nitrogen and oxygen atoms in total. The number of morpholine rings is 1. The molecule has 2 aromatic heterocycles. The number of furan rings is 1. The first kappa shape index (κ1) is 18.0. The van der Waals surface area contributed by atoms with Crippen molar-refractivity contribution in [2.75, 3.05) is 37.4 Å². The van der Waals surface area contributed by atoms with Gasteiger partial charge in [0.1, 0.15) is 0 Å². The fourth-order valence-corrected chi connectivity index (χ4v) is 4.68. The van der Waals surface area contributed by atoms with Crippen molar-refractivity contribution in [3.05, 3.63) is 42.4 Å². The molecule has 0 saturated carbocycles. The Kier molecular flexibility index (Phi) is 5.42. The largest absolute Gasteiger partial charge is 0.459 e. The van der Waals surface area contributed by atoms with Crippen molar-refractivity contribution < 1.29 is 18.7 Å². The van der Waals surface area contributed by atoms with Crippen LogP contribution in [0.4, 0.5) is 5.69 Å². The van der Waals surface area contributed by atoms with E-state index >= 15 is 0 Å². The molecular weight excluding hydrogens is 386 g/mol. The topological polar surface area (TPSA) is 84.7 Å². The molecule has 1 saturated heterocycles. The Morgan fingerprint density at radius 1 is 1.26 bits per heavy atom. The predicted molar refractivity (Wildman–Crippen MR) is 104 cm³/mol. The molecule has 1 N–H and O–H groups in total. The molecule has 1 aromatic carbocycles. The van der Waals surface area contributed by atoms with Crippen molar-refractivity contribution in [2.24, 2.45) is 0 Å². The quantitative estimate of drug-likeness (QED) is 0.659. The van der Waals surface area contributed by atoms with Gasteiger partial charge in [0.15, 0.2) is 10.1 Å². The summed E-state index contributed by atoms with van der Waals surface area (Å²) in [6, 6.07) is 8.82. The average molecular weight is 403 g/mol. The van der Waals surface area contributed by atoms with Crippen LogP contribution in [0.2, 0.25) is 0 Å². The molecule has 1 aliphatic heterocycles. The highest BCUT2D eigenvalue weighted by atomic mass is 32.2. The predicted octanol–water partition coefficient (Wildman–Crippen LogP) is 3.09. The van der Waals surface area contributed by atoms with Gasteiger partial charge in [0.25, 0.3) is 5.91 Å². The number of thiazole rings is 1. The fraction of sp³-hybridized carbons (Fsp3) is 0.278. The second-order valence-corrected chi connectivity index (χ2v) is 8.13. The van der Waals surface area contributed by atoms with E-state index in [0.717, 1.165) is 14.6 Å². The van der Waals surface area contributed by atoms with Crippen LogP contribution in [-0.4, -0.2) is 53.8 Å². The van der Waals surface area contributed by atoms with E-state index in [9.17, 15) is 9.59 Å². The van der Waals surface area contributed by atoms with Gasteiger partial charge in [0.2, 0.25) is 5.91 Å². The molecule has 1 aliphatic rings. The SMILES string of the molecule is O=C(Nc1ccc2nc(SCC(=O)N3CCOCC3)sc2c1)c1ccco1. The summed E-state index contributed by atoms with van der Waals surface area (Å²) in [6.45, 7) is 2.50. The maximum absolute atomic E-state index is 12.2. The van der Waals surface area contributed by atoms with Crippen molar-refractivity contribution in [3.63, 3.8) is 0 Å². The summed E-state index contributed by atoms with van der Waals surface area (Å²) < 4.78 is 12.1. The van der Waals surface area contributed by atoms with Gasteiger partial charge in [-0.05, 0) is 30.3 Å². The van der Waals surface area contributed by atoms with Crippen molar-refractivity contribution in [2.45, 2.75) is 4.34 Å². The second-order valence-electron chi connectivity index (χ2n) is 5.88. The highest BCUT2D eigenvalue weighted by Gasteiger charge is 2.18. The molecule has 0 aliphatic carbocycles. The van der Waals surface area contributed by atoms with E-state index in [1.54, 1.807) is 18.2 Å². The third-order valence-corrected chi connectivity index (χ3v) is 6.20. The highest BCUT2D eigenvalue weighted by Crippen LogP contribution is 2.31. The summed E-state index contributed by atoms with van der Waals surface area (Å²) in [5.41, 5.74) is 1.52. The Labute approximate surface area is 163 Å². The number of hydrogen-bond donors (Lipinski definition) is 1. The smallest absolute Gasteiger partial charge is 0.291 e. The molecule has 3 aromatic rings. The first-order valence-electron chi connectivity index (χ1n) is 8.43. The first-order valence-corrected chi connectivity index (χ1v) is 10.2. The Morgan fingerprint density at radius 3 is 2.89 bits per heavy atom. The summed E-state index contributed by atoms with van der Waals surface area (Å²) >= 11 is 2.95. The summed E-state index contributed by atoms with van der Waals surface area (Å²) in [4.78, 5) is 30.7. The number of amides is 2. The van der Waals surface area contributed by atoms with Gasteiger partial charge in [0, 0.05) is 18.8 Å². The zero-order valence-corrected chi connectivity index (χ0v) is 16.0. The normalized spacial score (nSPS) is 14.4. The van der Waals surface area contributed by atoms with E-state index in [1.165, 1.54) is 29.4 Å². The number of nitrogens with zero attached hydrogens (tertiary/aromatic N) is 2. The number of ether oxygens (including phenoxy) is 1. The zero-order chi connectivity index (χ0) is 18.6. The minimum atomic E-state index is -0.297. The summed E-state index contributed by atoms with van der Waals surface area (Å²) in [5, 5.41) is 2.81. The summed E-state index contributed by atoms with van der Waals surface area (Å²) in [5.74, 6) is 0.433. The molecule has 27 heavy (non-hydrogen) atoms. The van der Waals surface area contributed by atoms with Crippen molar-refractivity contribution >= 4 is 50.8 Å². The van der Waals surface area contributed by atoms with Crippen LogP contribution in [0.5, 0.6) is 0 Å². The molecule has 0 spiro atoms. The first-order chi connectivity index (χ1) is 13.2. The Bertz CT molecular complexity index is 949. The lowest BCUT2D eigenvalue weighted by Gasteiger charge is -2.26. The van der Waals surface area contributed by atoms with E-state index in [2.05, 4.69) is 10.3 Å². The van der Waals surface area contributed by atoms with E-state index in [-0.39, 0.29) is 17.6 Å². The van der Waals surface area contributed by atoms with Crippen LogP contribution in [0.15, 0.2) is 45.4 Å². The molecule has 3 heterocycles. The summed E-state index contributed by atoms with van der Waals surface area (Å²) in [6.07, 6.45) is 1.46. The van der Waals surface area contributed by atoms with Crippen molar-refractivity contribution in [1.82, 2.24) is 9.88 Å². The van der Waals surface area contributed by atoms with Crippen molar-refractivity contribution in [3.8, 4) is 0 Å². The lowest BCUT2D eigenvalue weighted by molar-refractivity contribution is -0.132.